The minimum absolute atomic E-state index is 0.00492. The Bertz CT molecular complexity index is 4520. The normalized spacial score (nSPS) is 14.0. The van der Waals surface area contributed by atoms with Crippen molar-refractivity contribution < 1.29 is 67.6 Å². The number of ether oxygens (including phenoxy) is 2. The third-order valence-corrected chi connectivity index (χ3v) is 21.6. The summed E-state index contributed by atoms with van der Waals surface area (Å²) in [4.78, 5) is 86.1. The minimum Gasteiger partial charge on any atom is -0.494 e. The molecule has 7 aromatic rings. The number of para-hydroxylation sites is 2. The van der Waals surface area contributed by atoms with E-state index >= 15 is 0 Å². The number of carbonyl (C=O) groups excluding carboxylic acids is 4. The lowest BCUT2D eigenvalue weighted by molar-refractivity contribution is -0.120. The van der Waals surface area contributed by atoms with Gasteiger partial charge in [0.25, 0.3) is 42.2 Å². The lowest BCUT2D eigenvalue weighted by atomic mass is 10.1. The number of aromatic nitrogens is 5. The topological polar surface area (TPSA) is 425 Å². The molecule has 103 heavy (non-hydrogen) atoms. The number of amides is 2. The Morgan fingerprint density at radius 3 is 1.29 bits per heavy atom. The standard InChI is InChI=1S/C65H77N17O15S6/c1-9-79(10-2)49-35-45(47(37-51(49)96-7)75-77-64-70-57(81-27-19-13-20-28-81)53(99-64)33-41(39(5)83)59(85)66-43-23-15-17-25-55(43)102(90,91)92)68-61-72-62(74-63(73-61)98-31-32-101(87,88)89)69-46-36-50(80(11-3)12-4)52(97-8)38-48(46)76-78-65-71-58(82-29-21-14-22-30-82)54(100-65)34-42(40(6)84)60(86)67-44-24-16-18-26-56(44)103(93,94)95/h15-18,23-26,33-38H,9-14,19-22,27-32H2,1-8H3,(H,66,85)(H,67,86)(H,87,88,89)(H,90,91,92)(H,93,94,95)(H2,68,69,72,73,74)/b41-33-,42-34+,77-75+,78-76+. The van der Waals surface area contributed by atoms with Crippen molar-refractivity contribution in [3.05, 3.63) is 93.7 Å². The zero-order chi connectivity index (χ0) is 74.3. The molecule has 5 heterocycles. The van der Waals surface area contributed by atoms with Crippen molar-refractivity contribution in [2.45, 2.75) is 95.0 Å². The third kappa shape index (κ3) is 20.3. The van der Waals surface area contributed by atoms with Gasteiger partial charge in [-0.05, 0) is 129 Å². The van der Waals surface area contributed by atoms with Crippen LogP contribution in [0.2, 0.25) is 0 Å². The summed E-state index contributed by atoms with van der Waals surface area (Å²) in [6.07, 6.45) is 7.93. The molecule has 2 fully saturated rings. The van der Waals surface area contributed by atoms with E-state index in [2.05, 4.69) is 31.5 Å². The first-order valence-electron chi connectivity index (χ1n) is 32.5. The molecular formula is C65H77N17O15S6. The van der Waals surface area contributed by atoms with Crippen molar-refractivity contribution in [3.63, 3.8) is 0 Å². The summed E-state index contributed by atoms with van der Waals surface area (Å²) in [5.74, 6) is -2.64. The average molecular weight is 1530 g/mol. The van der Waals surface area contributed by atoms with Gasteiger partial charge in [-0.1, -0.05) is 58.7 Å². The third-order valence-electron chi connectivity index (χ3n) is 16.2. The van der Waals surface area contributed by atoms with E-state index in [1.807, 2.05) is 47.3 Å². The van der Waals surface area contributed by atoms with Crippen molar-refractivity contribution in [3.8, 4) is 11.5 Å². The highest BCUT2D eigenvalue weighted by atomic mass is 32.2. The summed E-state index contributed by atoms with van der Waals surface area (Å²) in [5, 5.41) is 30.4. The summed E-state index contributed by atoms with van der Waals surface area (Å²) in [7, 11) is -11.0. The average Bonchev–Trinajstić information content (AvgIpc) is 1.80. The van der Waals surface area contributed by atoms with Gasteiger partial charge >= 0.3 is 0 Å². The fourth-order valence-corrected chi connectivity index (χ4v) is 15.7. The van der Waals surface area contributed by atoms with Crippen LogP contribution < -0.4 is 50.3 Å². The number of ketones is 2. The molecule has 2 aliphatic rings. The molecule has 32 nitrogen and oxygen atoms in total. The van der Waals surface area contributed by atoms with Crippen molar-refractivity contribution in [1.82, 2.24) is 24.9 Å². The minimum atomic E-state index is -4.78. The monoisotopic (exact) mass is 1530 g/mol. The SMILES string of the molecule is CCN(CC)c1cc(Nc2nc(Nc3cc(N(CC)CC)c(OC)cc3/N=N/c3nc(N4CCCCC4)c(/C=C(\C(C)=O)C(=O)Nc4ccccc4S(=O)(=O)O)s3)nc(SCCS(=O)(=O)O)n2)c(/N=N/c2nc(N3CCCCC3)c(/C=C(/C(C)=O)C(=O)Nc3ccccc3S(=O)(=O)O)s2)cc1OC. The number of hydrogen-bond acceptors (Lipinski definition) is 30. The Balaban J connectivity index is 1.13. The molecule has 9 rings (SSSR count). The Kier molecular flexibility index (Phi) is 26.2. The Morgan fingerprint density at radius 2 is 0.942 bits per heavy atom. The number of azo groups is 2. The number of nitrogens with one attached hydrogen (secondary N) is 4. The molecule has 0 atom stereocenters. The Morgan fingerprint density at radius 1 is 0.553 bits per heavy atom. The second kappa shape index (κ2) is 34.7. The largest absolute Gasteiger partial charge is 0.494 e. The highest BCUT2D eigenvalue weighted by Crippen LogP contribution is 2.45. The van der Waals surface area contributed by atoms with Crippen LogP contribution in [-0.2, 0) is 49.5 Å². The first kappa shape index (κ1) is 77.7. The molecule has 7 N–H and O–H groups in total. The molecule has 0 aliphatic carbocycles. The Labute approximate surface area is 607 Å². The number of thioether (sulfide) groups is 1. The van der Waals surface area contributed by atoms with Crippen LogP contribution in [0.15, 0.2) is 119 Å². The number of nitrogens with zero attached hydrogens (tertiary/aromatic N) is 13. The smallest absolute Gasteiger partial charge is 0.296 e. The molecule has 0 unspecified atom stereocenters. The van der Waals surface area contributed by atoms with Crippen molar-refractivity contribution in [1.29, 1.82) is 0 Å². The first-order valence-corrected chi connectivity index (χ1v) is 39.6. The van der Waals surface area contributed by atoms with E-state index in [-0.39, 0.29) is 78.3 Å². The van der Waals surface area contributed by atoms with E-state index in [4.69, 9.17) is 44.6 Å². The molecule has 2 amide bonds. The second-order valence-corrected chi connectivity index (χ2v) is 30.5. The van der Waals surface area contributed by atoms with Crippen LogP contribution in [0, 0.1) is 0 Å². The number of Topliss-reactive ketones (excluding diaryl/α,β-unsaturated/α-hetero) is 2. The molecular weight excluding hydrogens is 1450 g/mol. The number of thiazole rings is 2. The summed E-state index contributed by atoms with van der Waals surface area (Å²) >= 11 is 2.94. The molecule has 0 radical (unpaired) electrons. The summed E-state index contributed by atoms with van der Waals surface area (Å²) in [6, 6.07) is 17.2. The number of rotatable bonds is 32. The van der Waals surface area contributed by atoms with Gasteiger partial charge in [-0.3, -0.25) is 32.8 Å². The molecule has 2 saturated heterocycles. The number of carbonyl (C=O) groups is 4. The maximum atomic E-state index is 13.9. The zero-order valence-electron chi connectivity index (χ0n) is 57.4. The predicted octanol–water partition coefficient (Wildman–Crippen LogP) is 12.5. The van der Waals surface area contributed by atoms with Crippen LogP contribution in [0.1, 0.15) is 89.8 Å². The van der Waals surface area contributed by atoms with Gasteiger partial charge in [0.15, 0.2) is 16.7 Å². The van der Waals surface area contributed by atoms with Gasteiger partial charge < -0.3 is 50.3 Å². The predicted molar refractivity (Wildman–Crippen MR) is 398 cm³/mol. The van der Waals surface area contributed by atoms with E-state index in [1.165, 1.54) is 76.6 Å². The van der Waals surface area contributed by atoms with E-state index < -0.39 is 69.3 Å². The molecule has 4 aromatic carbocycles. The lowest BCUT2D eigenvalue weighted by Gasteiger charge is -2.27. The molecule has 38 heteroatoms. The van der Waals surface area contributed by atoms with Crippen molar-refractivity contribution in [2.24, 2.45) is 20.5 Å². The molecule has 0 spiro atoms. The number of hydrogen-bond donors (Lipinski definition) is 7. The van der Waals surface area contributed by atoms with Crippen LogP contribution in [0.5, 0.6) is 11.5 Å². The van der Waals surface area contributed by atoms with Crippen LogP contribution in [0.25, 0.3) is 12.2 Å². The van der Waals surface area contributed by atoms with Crippen molar-refractivity contribution >= 4 is 180 Å². The number of piperidine rings is 2. The summed E-state index contributed by atoms with van der Waals surface area (Å²) in [6.45, 7) is 14.8. The highest BCUT2D eigenvalue weighted by molar-refractivity contribution is 8.00. The first-order chi connectivity index (χ1) is 49.1. The number of benzene rings is 4. The van der Waals surface area contributed by atoms with Crippen LogP contribution in [-0.4, -0.2) is 165 Å². The molecule has 0 saturated carbocycles. The molecule has 2 aliphatic heterocycles. The van der Waals surface area contributed by atoms with Gasteiger partial charge in [0.2, 0.25) is 22.2 Å². The van der Waals surface area contributed by atoms with Crippen LogP contribution in [0.3, 0.4) is 0 Å². The van der Waals surface area contributed by atoms with E-state index in [9.17, 15) is 58.1 Å². The summed E-state index contributed by atoms with van der Waals surface area (Å²) < 4.78 is 115. The lowest BCUT2D eigenvalue weighted by Crippen LogP contribution is -2.30. The number of anilines is 10. The molecule has 0 bridgehead atoms. The van der Waals surface area contributed by atoms with Gasteiger partial charge in [0.05, 0.1) is 75.0 Å². The van der Waals surface area contributed by atoms with Crippen molar-refractivity contribution in [2.75, 3.05) is 119 Å². The maximum absolute atomic E-state index is 13.9. The van der Waals surface area contributed by atoms with Gasteiger partial charge in [-0.25, -0.2) is 0 Å². The van der Waals surface area contributed by atoms with E-state index in [0.717, 1.165) is 85.1 Å². The van der Waals surface area contributed by atoms with Crippen LogP contribution in [0.4, 0.5) is 79.3 Å². The number of methoxy groups -OCH3 is 2. The second-order valence-electron chi connectivity index (χ2n) is 23.0. The zero-order valence-corrected chi connectivity index (χ0v) is 62.3. The van der Waals surface area contributed by atoms with Gasteiger partial charge in [-0.2, -0.15) is 50.2 Å². The quantitative estimate of drug-likeness (QED) is 0.00514. The van der Waals surface area contributed by atoms with Gasteiger partial charge in [0, 0.05) is 70.2 Å². The van der Waals surface area contributed by atoms with Crippen LogP contribution >= 0.6 is 34.4 Å². The maximum Gasteiger partial charge on any atom is 0.296 e. The van der Waals surface area contributed by atoms with Gasteiger partial charge in [0.1, 0.15) is 44.3 Å². The van der Waals surface area contributed by atoms with Gasteiger partial charge in [-0.15, -0.1) is 20.5 Å². The Hall–Kier alpha value is -9.41. The fourth-order valence-electron chi connectivity index (χ4n) is 11.1. The van der Waals surface area contributed by atoms with E-state index in [1.54, 1.807) is 24.3 Å². The molecule has 3 aromatic heterocycles. The summed E-state index contributed by atoms with van der Waals surface area (Å²) in [5.41, 5.74) is 0.944. The highest BCUT2D eigenvalue weighted by Gasteiger charge is 2.28. The van der Waals surface area contributed by atoms with E-state index in [0.29, 0.717) is 96.6 Å². The fraction of sp³-hybridized carbons (Fsp3) is 0.369. The molecule has 548 valence electrons.